The Morgan fingerprint density at radius 1 is 1.62 bits per heavy atom. The number of thioether (sulfide) groups is 1. The van der Waals surface area contributed by atoms with Gasteiger partial charge in [-0.1, -0.05) is 12.8 Å². The predicted octanol–water partition coefficient (Wildman–Crippen LogP) is 0.0785. The van der Waals surface area contributed by atoms with Crippen molar-refractivity contribution in [3.8, 4) is 12.3 Å². The number of hydrogen-bond acceptors (Lipinski definition) is 3. The van der Waals surface area contributed by atoms with Crippen LogP contribution in [0.5, 0.6) is 0 Å². The van der Waals surface area contributed by atoms with Crippen LogP contribution in [0.15, 0.2) is 0 Å². The van der Waals surface area contributed by atoms with Gasteiger partial charge in [0, 0.05) is 12.3 Å². The first-order chi connectivity index (χ1) is 6.31. The maximum absolute atomic E-state index is 11.0. The summed E-state index contributed by atoms with van der Waals surface area (Å²) in [5.74, 6) is 4.16. The lowest BCUT2D eigenvalue weighted by Crippen LogP contribution is -2.34. The molecule has 0 heterocycles. The Morgan fingerprint density at radius 2 is 2.38 bits per heavy atom. The molecule has 0 spiro atoms. The van der Waals surface area contributed by atoms with Crippen LogP contribution in [-0.4, -0.2) is 37.0 Å². The molecule has 0 bridgehead atoms. The van der Waals surface area contributed by atoms with Gasteiger partial charge < -0.3 is 10.6 Å². The monoisotopic (exact) mass is 200 g/mol. The standard InChI is InChI=1S/C9H16N2OS/c1-3-6-13-7-5-11-9(12)8-10-4-2/h1,10H,4-8H2,2H3,(H,11,12). The average molecular weight is 200 g/mol. The molecule has 0 aliphatic heterocycles. The number of likely N-dealkylation sites (N-methyl/N-ethyl adjacent to an activating group) is 1. The molecule has 0 unspecified atom stereocenters. The number of terminal acetylenes is 1. The summed E-state index contributed by atoms with van der Waals surface area (Å²) in [5, 5.41) is 5.73. The second kappa shape index (κ2) is 9.43. The third-order valence-electron chi connectivity index (χ3n) is 1.29. The van der Waals surface area contributed by atoms with E-state index in [-0.39, 0.29) is 5.91 Å². The van der Waals surface area contributed by atoms with Crippen molar-refractivity contribution < 1.29 is 4.79 Å². The van der Waals surface area contributed by atoms with Crippen LogP contribution in [0.4, 0.5) is 0 Å². The van der Waals surface area contributed by atoms with Crippen LogP contribution < -0.4 is 10.6 Å². The van der Waals surface area contributed by atoms with E-state index < -0.39 is 0 Å². The fourth-order valence-corrected chi connectivity index (χ4v) is 1.20. The molecule has 0 saturated heterocycles. The second-order valence-corrected chi connectivity index (χ2v) is 3.49. The molecular weight excluding hydrogens is 184 g/mol. The Balaban J connectivity index is 3.13. The van der Waals surface area contributed by atoms with Crippen molar-refractivity contribution in [1.82, 2.24) is 10.6 Å². The highest BCUT2D eigenvalue weighted by Gasteiger charge is 1.97. The molecule has 0 fully saturated rings. The van der Waals surface area contributed by atoms with Crippen LogP contribution in [0.25, 0.3) is 0 Å². The van der Waals surface area contributed by atoms with E-state index >= 15 is 0 Å². The summed E-state index contributed by atoms with van der Waals surface area (Å²) in [7, 11) is 0. The van der Waals surface area contributed by atoms with Crippen LogP contribution in [0.2, 0.25) is 0 Å². The lowest BCUT2D eigenvalue weighted by atomic mass is 10.5. The molecule has 13 heavy (non-hydrogen) atoms. The molecule has 0 aliphatic rings. The number of amides is 1. The summed E-state index contributed by atoms with van der Waals surface area (Å²) < 4.78 is 0. The molecule has 4 heteroatoms. The quantitative estimate of drug-likeness (QED) is 0.452. The summed E-state index contributed by atoms with van der Waals surface area (Å²) >= 11 is 1.65. The Bertz CT molecular complexity index is 177. The van der Waals surface area contributed by atoms with Crippen molar-refractivity contribution in [2.24, 2.45) is 0 Å². The predicted molar refractivity (Wildman–Crippen MR) is 57.7 cm³/mol. The highest BCUT2D eigenvalue weighted by molar-refractivity contribution is 7.99. The van der Waals surface area contributed by atoms with Crippen molar-refractivity contribution in [3.05, 3.63) is 0 Å². The van der Waals surface area contributed by atoms with Crippen LogP contribution >= 0.6 is 11.8 Å². The van der Waals surface area contributed by atoms with E-state index in [1.807, 2.05) is 6.92 Å². The molecule has 0 radical (unpaired) electrons. The molecular formula is C9H16N2OS. The van der Waals surface area contributed by atoms with Crippen molar-refractivity contribution in [1.29, 1.82) is 0 Å². The van der Waals surface area contributed by atoms with Crippen molar-refractivity contribution >= 4 is 17.7 Å². The lowest BCUT2D eigenvalue weighted by molar-refractivity contribution is -0.120. The third kappa shape index (κ3) is 9.25. The maximum atomic E-state index is 11.0. The topological polar surface area (TPSA) is 41.1 Å². The smallest absolute Gasteiger partial charge is 0.233 e. The highest BCUT2D eigenvalue weighted by Crippen LogP contribution is 1.94. The number of nitrogens with one attached hydrogen (secondary N) is 2. The van der Waals surface area contributed by atoms with E-state index in [9.17, 15) is 4.79 Å². The van der Waals surface area contributed by atoms with Crippen LogP contribution in [0, 0.1) is 12.3 Å². The Hall–Kier alpha value is -0.660. The third-order valence-corrected chi connectivity index (χ3v) is 2.15. The Labute approximate surface area is 84.0 Å². The molecule has 0 atom stereocenters. The van der Waals surface area contributed by atoms with Crippen LogP contribution in [0.1, 0.15) is 6.92 Å². The van der Waals surface area contributed by atoms with E-state index in [0.717, 1.165) is 12.3 Å². The Morgan fingerprint density at radius 3 is 3.00 bits per heavy atom. The van der Waals surface area contributed by atoms with E-state index in [1.165, 1.54) is 0 Å². The van der Waals surface area contributed by atoms with Gasteiger partial charge in [0.05, 0.1) is 12.3 Å². The minimum absolute atomic E-state index is 0.0446. The summed E-state index contributed by atoms with van der Waals surface area (Å²) in [5.41, 5.74) is 0. The number of carbonyl (C=O) groups is 1. The zero-order chi connectivity index (χ0) is 9.94. The fourth-order valence-electron chi connectivity index (χ4n) is 0.695. The van der Waals surface area contributed by atoms with Crippen molar-refractivity contribution in [2.45, 2.75) is 6.92 Å². The summed E-state index contributed by atoms with van der Waals surface area (Å²) in [6.07, 6.45) is 5.07. The first-order valence-electron chi connectivity index (χ1n) is 4.30. The summed E-state index contributed by atoms with van der Waals surface area (Å²) in [6, 6.07) is 0. The minimum Gasteiger partial charge on any atom is -0.354 e. The van der Waals surface area contributed by atoms with Crippen LogP contribution in [-0.2, 0) is 4.79 Å². The normalized spacial score (nSPS) is 9.23. The number of carbonyl (C=O) groups excluding carboxylic acids is 1. The van der Waals surface area contributed by atoms with Crippen molar-refractivity contribution in [3.63, 3.8) is 0 Å². The zero-order valence-electron chi connectivity index (χ0n) is 7.93. The van der Waals surface area contributed by atoms with E-state index in [1.54, 1.807) is 11.8 Å². The van der Waals surface area contributed by atoms with Gasteiger partial charge in [-0.25, -0.2) is 0 Å². The molecule has 0 aromatic rings. The van der Waals surface area contributed by atoms with Gasteiger partial charge in [0.1, 0.15) is 0 Å². The lowest BCUT2D eigenvalue weighted by Gasteiger charge is -2.03. The van der Waals surface area contributed by atoms with Gasteiger partial charge in [-0.15, -0.1) is 18.2 Å². The SMILES string of the molecule is C#CCSCCNC(=O)CNCC. The largest absolute Gasteiger partial charge is 0.354 e. The van der Waals surface area contributed by atoms with Gasteiger partial charge in [-0.3, -0.25) is 4.79 Å². The average Bonchev–Trinajstić information content (AvgIpc) is 2.14. The second-order valence-electron chi connectivity index (χ2n) is 2.39. The molecule has 3 nitrogen and oxygen atoms in total. The van der Waals surface area contributed by atoms with E-state index in [0.29, 0.717) is 18.8 Å². The van der Waals surface area contributed by atoms with Gasteiger partial charge in [-0.05, 0) is 6.54 Å². The van der Waals surface area contributed by atoms with Gasteiger partial charge in [0.25, 0.3) is 0 Å². The first-order valence-corrected chi connectivity index (χ1v) is 5.45. The van der Waals surface area contributed by atoms with Gasteiger partial charge in [-0.2, -0.15) is 0 Å². The van der Waals surface area contributed by atoms with Gasteiger partial charge in [0.15, 0.2) is 0 Å². The Kier molecular flexibility index (Phi) is 8.95. The molecule has 0 rings (SSSR count). The van der Waals surface area contributed by atoms with E-state index in [2.05, 4.69) is 16.6 Å². The molecule has 0 aromatic heterocycles. The van der Waals surface area contributed by atoms with Crippen LogP contribution in [0.3, 0.4) is 0 Å². The zero-order valence-corrected chi connectivity index (χ0v) is 8.75. The number of hydrogen-bond donors (Lipinski definition) is 2. The maximum Gasteiger partial charge on any atom is 0.233 e. The molecule has 1 amide bonds. The summed E-state index contributed by atoms with van der Waals surface area (Å²) in [6.45, 7) is 3.88. The molecule has 74 valence electrons. The van der Waals surface area contributed by atoms with Gasteiger partial charge >= 0.3 is 0 Å². The molecule has 0 aliphatic carbocycles. The van der Waals surface area contributed by atoms with Gasteiger partial charge in [0.2, 0.25) is 5.91 Å². The molecule has 2 N–H and O–H groups in total. The molecule has 0 aromatic carbocycles. The number of rotatable bonds is 7. The minimum atomic E-state index is 0.0446. The highest BCUT2D eigenvalue weighted by atomic mass is 32.2. The summed E-state index contributed by atoms with van der Waals surface area (Å²) in [4.78, 5) is 11.0. The molecule has 0 saturated carbocycles. The van der Waals surface area contributed by atoms with Crippen molar-refractivity contribution in [2.75, 3.05) is 31.1 Å². The fraction of sp³-hybridized carbons (Fsp3) is 0.667. The van der Waals surface area contributed by atoms with E-state index in [4.69, 9.17) is 6.42 Å². The first kappa shape index (κ1) is 12.3.